The van der Waals surface area contributed by atoms with E-state index < -0.39 is 35.4 Å². The molecule has 3 heterocycles. The van der Waals surface area contributed by atoms with E-state index in [0.717, 1.165) is 37.8 Å². The number of nitrogens with one attached hydrogen (secondary N) is 1. The molecule has 2 atom stereocenters. The van der Waals surface area contributed by atoms with Crippen molar-refractivity contribution in [2.45, 2.75) is 62.8 Å². The summed E-state index contributed by atoms with van der Waals surface area (Å²) in [5.74, 6) is -0.0838. The van der Waals surface area contributed by atoms with Gasteiger partial charge in [-0.1, -0.05) is 0 Å². The number of likely N-dealkylation sites (N-methyl/N-ethyl adjacent to an activating group) is 1. The Morgan fingerprint density at radius 1 is 1.11 bits per heavy atom. The quantitative estimate of drug-likeness (QED) is 0.523. The lowest BCUT2D eigenvalue weighted by Gasteiger charge is -2.37. The summed E-state index contributed by atoms with van der Waals surface area (Å²) in [5, 5.41) is 18.4. The van der Waals surface area contributed by atoms with E-state index >= 15 is 0 Å². The van der Waals surface area contributed by atoms with Crippen LogP contribution in [0.15, 0.2) is 18.2 Å². The number of thiocarbonyl (C=S) groups is 1. The minimum atomic E-state index is -4.74. The second-order valence-electron chi connectivity index (χ2n) is 9.11. The molecule has 196 valence electrons. The molecule has 12 heteroatoms. The average Bonchev–Trinajstić information content (AvgIpc) is 3.07. The summed E-state index contributed by atoms with van der Waals surface area (Å²) in [7, 11) is 1.67. The van der Waals surface area contributed by atoms with Crippen LogP contribution in [0.25, 0.3) is 0 Å². The fraction of sp³-hybridized carbons (Fsp3) is 0.625. The van der Waals surface area contributed by atoms with Crippen LogP contribution in [0.4, 0.5) is 18.9 Å². The number of nitriles is 1. The number of rotatable bonds is 7. The van der Waals surface area contributed by atoms with Crippen molar-refractivity contribution >= 4 is 28.9 Å². The van der Waals surface area contributed by atoms with Crippen molar-refractivity contribution in [2.24, 2.45) is 0 Å². The monoisotopic (exact) mass is 526 g/mol. The van der Waals surface area contributed by atoms with Crippen LogP contribution in [-0.2, 0) is 25.1 Å². The van der Waals surface area contributed by atoms with Crippen molar-refractivity contribution < 1.29 is 32.1 Å². The van der Waals surface area contributed by atoms with Gasteiger partial charge in [-0.05, 0) is 68.9 Å². The first-order valence-corrected chi connectivity index (χ1v) is 12.3. The molecule has 3 aliphatic rings. The lowest BCUT2D eigenvalue weighted by molar-refractivity contribution is -0.195. The molecule has 3 aliphatic heterocycles. The maximum absolute atomic E-state index is 13.6. The molecular weight excluding hydrogens is 497 g/mol. The Morgan fingerprint density at radius 3 is 2.17 bits per heavy atom. The van der Waals surface area contributed by atoms with E-state index in [0.29, 0.717) is 26.1 Å². The first-order valence-electron chi connectivity index (χ1n) is 11.9. The second-order valence-corrected chi connectivity index (χ2v) is 9.48. The SMILES string of the molecule is CN1C(=S)N(c2ccc(C#N)c(C(F)(F)F)c2)C(=N)C1(COC1CCCCO1)COC1CCCCO1. The molecule has 0 radical (unpaired) electrons. The minimum absolute atomic E-state index is 0.0151. The summed E-state index contributed by atoms with van der Waals surface area (Å²) in [6.45, 7) is 1.12. The molecule has 1 N–H and O–H groups in total. The van der Waals surface area contributed by atoms with Crippen LogP contribution in [0.3, 0.4) is 0 Å². The average molecular weight is 527 g/mol. The highest BCUT2D eigenvalue weighted by molar-refractivity contribution is 7.80. The summed E-state index contributed by atoms with van der Waals surface area (Å²) in [6, 6.07) is 4.87. The first-order chi connectivity index (χ1) is 17.2. The van der Waals surface area contributed by atoms with Gasteiger partial charge in [-0.3, -0.25) is 10.3 Å². The predicted octanol–water partition coefficient (Wildman–Crippen LogP) is 4.42. The van der Waals surface area contributed by atoms with Gasteiger partial charge in [-0.2, -0.15) is 18.4 Å². The number of nitrogens with zero attached hydrogens (tertiary/aromatic N) is 3. The fourth-order valence-corrected chi connectivity index (χ4v) is 4.93. The Bertz CT molecular complexity index is 998. The molecule has 2 unspecified atom stereocenters. The van der Waals surface area contributed by atoms with Crippen LogP contribution in [0.1, 0.15) is 49.7 Å². The van der Waals surface area contributed by atoms with Crippen LogP contribution < -0.4 is 4.90 Å². The molecule has 1 aromatic rings. The van der Waals surface area contributed by atoms with Gasteiger partial charge in [0.1, 0.15) is 11.4 Å². The van der Waals surface area contributed by atoms with Gasteiger partial charge in [0.25, 0.3) is 0 Å². The van der Waals surface area contributed by atoms with Gasteiger partial charge in [-0.15, -0.1) is 0 Å². The number of hydrogen-bond acceptors (Lipinski definition) is 7. The maximum Gasteiger partial charge on any atom is 0.417 e. The minimum Gasteiger partial charge on any atom is -0.353 e. The van der Waals surface area contributed by atoms with Crippen molar-refractivity contribution in [1.82, 2.24) is 4.90 Å². The molecule has 0 aromatic heterocycles. The Labute approximate surface area is 213 Å². The first kappa shape index (κ1) is 26.8. The number of hydrogen-bond donors (Lipinski definition) is 1. The molecular formula is C24H29F3N4O4S. The third kappa shape index (κ3) is 5.35. The lowest BCUT2D eigenvalue weighted by atomic mass is 9.99. The highest BCUT2D eigenvalue weighted by atomic mass is 32.1. The van der Waals surface area contributed by atoms with Gasteiger partial charge in [0.15, 0.2) is 17.7 Å². The number of ether oxygens (including phenoxy) is 4. The van der Waals surface area contributed by atoms with Crippen molar-refractivity contribution in [1.29, 1.82) is 10.7 Å². The Hall–Kier alpha value is -2.30. The van der Waals surface area contributed by atoms with Crippen LogP contribution in [0.5, 0.6) is 0 Å². The summed E-state index contributed by atoms with van der Waals surface area (Å²) in [6.07, 6.45) is -0.426. The third-order valence-corrected chi connectivity index (χ3v) is 7.22. The molecule has 0 spiro atoms. The smallest absolute Gasteiger partial charge is 0.353 e. The molecule has 0 amide bonds. The normalized spacial score (nSPS) is 27.4. The standard InChI is InChI=1S/C24H29F3N4O4S/c1-30-22(36)31(17-9-8-16(13-28)18(12-17)24(25,26)27)21(29)23(30,14-34-19-6-2-4-10-32-19)15-35-20-7-3-5-11-33-20/h8-9,12,19-20,29H,2-7,10-11,14-15H2,1H3. The van der Waals surface area contributed by atoms with Gasteiger partial charge >= 0.3 is 6.18 Å². The van der Waals surface area contributed by atoms with E-state index in [9.17, 15) is 13.2 Å². The van der Waals surface area contributed by atoms with E-state index in [1.165, 1.54) is 11.0 Å². The van der Waals surface area contributed by atoms with Gasteiger partial charge in [0, 0.05) is 20.3 Å². The van der Waals surface area contributed by atoms with E-state index in [1.807, 2.05) is 0 Å². The Kier molecular flexibility index (Phi) is 8.16. The molecule has 3 saturated heterocycles. The van der Waals surface area contributed by atoms with Gasteiger partial charge in [0.05, 0.1) is 36.1 Å². The van der Waals surface area contributed by atoms with Crippen molar-refractivity contribution in [3.63, 3.8) is 0 Å². The molecule has 36 heavy (non-hydrogen) atoms. The summed E-state index contributed by atoms with van der Waals surface area (Å²) in [4.78, 5) is 2.89. The largest absolute Gasteiger partial charge is 0.417 e. The molecule has 4 rings (SSSR count). The fourth-order valence-electron chi connectivity index (χ4n) is 4.56. The number of amidine groups is 1. The van der Waals surface area contributed by atoms with Gasteiger partial charge in [-0.25, -0.2) is 0 Å². The summed E-state index contributed by atoms with van der Waals surface area (Å²) in [5.41, 5.74) is -2.77. The van der Waals surface area contributed by atoms with Crippen LogP contribution in [0, 0.1) is 16.7 Å². The van der Waals surface area contributed by atoms with E-state index in [1.54, 1.807) is 18.0 Å². The second kappa shape index (κ2) is 11.0. The number of alkyl halides is 3. The topological polar surface area (TPSA) is 91.0 Å². The van der Waals surface area contributed by atoms with Crippen molar-refractivity contribution in [3.8, 4) is 6.07 Å². The Balaban J connectivity index is 1.65. The van der Waals surface area contributed by atoms with Crippen LogP contribution in [-0.4, -0.2) is 67.4 Å². The van der Waals surface area contributed by atoms with E-state index in [4.69, 9.17) is 41.8 Å². The van der Waals surface area contributed by atoms with Crippen LogP contribution >= 0.6 is 12.2 Å². The Morgan fingerprint density at radius 2 is 1.69 bits per heavy atom. The zero-order valence-corrected chi connectivity index (χ0v) is 20.8. The van der Waals surface area contributed by atoms with Gasteiger partial charge < -0.3 is 23.8 Å². The highest BCUT2D eigenvalue weighted by Crippen LogP contribution is 2.38. The predicted molar refractivity (Wildman–Crippen MR) is 129 cm³/mol. The van der Waals surface area contributed by atoms with E-state index in [2.05, 4.69) is 0 Å². The molecule has 0 saturated carbocycles. The van der Waals surface area contributed by atoms with E-state index in [-0.39, 0.29) is 29.8 Å². The molecule has 3 fully saturated rings. The lowest BCUT2D eigenvalue weighted by Crippen LogP contribution is -2.56. The molecule has 0 bridgehead atoms. The van der Waals surface area contributed by atoms with Crippen LogP contribution in [0.2, 0.25) is 0 Å². The zero-order valence-electron chi connectivity index (χ0n) is 20.0. The highest BCUT2D eigenvalue weighted by Gasteiger charge is 2.53. The zero-order chi connectivity index (χ0) is 25.9. The molecule has 8 nitrogen and oxygen atoms in total. The third-order valence-electron chi connectivity index (χ3n) is 6.76. The van der Waals surface area contributed by atoms with Crippen molar-refractivity contribution in [2.75, 3.05) is 38.4 Å². The summed E-state index contributed by atoms with van der Waals surface area (Å²) < 4.78 is 64.4. The number of anilines is 1. The molecule has 1 aromatic carbocycles. The molecule has 0 aliphatic carbocycles. The number of halogens is 3. The van der Waals surface area contributed by atoms with Crippen molar-refractivity contribution in [3.05, 3.63) is 29.3 Å². The summed E-state index contributed by atoms with van der Waals surface area (Å²) >= 11 is 5.60. The maximum atomic E-state index is 13.6. The van der Waals surface area contributed by atoms with Gasteiger partial charge in [0.2, 0.25) is 0 Å². The number of benzene rings is 1.